The van der Waals surface area contributed by atoms with Crippen LogP contribution in [0.2, 0.25) is 0 Å². The first-order valence-electron chi connectivity index (χ1n) is 7.17. The highest BCUT2D eigenvalue weighted by Gasteiger charge is 2.23. The average molecular weight is 298 g/mol. The quantitative estimate of drug-likeness (QED) is 0.797. The summed E-state index contributed by atoms with van der Waals surface area (Å²) >= 11 is 0. The van der Waals surface area contributed by atoms with E-state index >= 15 is 0 Å². The lowest BCUT2D eigenvalue weighted by Gasteiger charge is -2.15. The summed E-state index contributed by atoms with van der Waals surface area (Å²) in [6.45, 7) is 2.56. The summed E-state index contributed by atoms with van der Waals surface area (Å²) in [4.78, 5) is 12.0. The summed E-state index contributed by atoms with van der Waals surface area (Å²) in [6.07, 6.45) is 0.767. The van der Waals surface area contributed by atoms with E-state index in [-0.39, 0.29) is 5.97 Å². The molecule has 3 rings (SSSR count). The maximum Gasteiger partial charge on any atom is 0.341 e. The number of methoxy groups -OCH3 is 2. The van der Waals surface area contributed by atoms with Gasteiger partial charge in [-0.05, 0) is 41.8 Å². The molecular formula is C18H18O4. The average Bonchev–Trinajstić information content (AvgIpc) is 2.73. The predicted octanol–water partition coefficient (Wildman–Crippen LogP) is 3.39. The Morgan fingerprint density at radius 2 is 2.05 bits per heavy atom. The third kappa shape index (κ3) is 2.30. The van der Waals surface area contributed by atoms with E-state index in [1.54, 1.807) is 13.2 Å². The van der Waals surface area contributed by atoms with Crippen molar-refractivity contribution >= 4 is 5.97 Å². The number of fused-ring (bicyclic) bond motifs is 3. The molecule has 4 heteroatoms. The normalized spacial score (nSPS) is 12.5. The van der Waals surface area contributed by atoms with Crippen LogP contribution in [0.15, 0.2) is 30.3 Å². The van der Waals surface area contributed by atoms with Gasteiger partial charge in [-0.15, -0.1) is 0 Å². The van der Waals surface area contributed by atoms with Crippen molar-refractivity contribution in [1.82, 2.24) is 0 Å². The SMILES string of the molecule is COC(=O)c1cccc2c1OCCc1cc(OC)cc(C)c1-2. The summed E-state index contributed by atoms with van der Waals surface area (Å²) in [5.41, 5.74) is 4.76. The first-order chi connectivity index (χ1) is 10.7. The number of hydrogen-bond acceptors (Lipinski definition) is 4. The predicted molar refractivity (Wildman–Crippen MR) is 83.7 cm³/mol. The number of esters is 1. The molecule has 22 heavy (non-hydrogen) atoms. The molecule has 0 radical (unpaired) electrons. The zero-order valence-electron chi connectivity index (χ0n) is 12.9. The number of carbonyl (C=O) groups is 1. The Hall–Kier alpha value is -2.49. The molecule has 1 heterocycles. The van der Waals surface area contributed by atoms with E-state index < -0.39 is 0 Å². The minimum Gasteiger partial charge on any atom is -0.497 e. The van der Waals surface area contributed by atoms with Crippen LogP contribution in [-0.4, -0.2) is 26.8 Å². The molecule has 0 saturated heterocycles. The molecule has 0 atom stereocenters. The van der Waals surface area contributed by atoms with Gasteiger partial charge in [0, 0.05) is 12.0 Å². The van der Waals surface area contributed by atoms with Crippen molar-refractivity contribution in [2.45, 2.75) is 13.3 Å². The molecule has 0 spiro atoms. The second kappa shape index (κ2) is 5.72. The van der Waals surface area contributed by atoms with Crippen molar-refractivity contribution in [3.8, 4) is 22.6 Å². The van der Waals surface area contributed by atoms with Gasteiger partial charge in [0.25, 0.3) is 0 Å². The molecule has 0 unspecified atom stereocenters. The third-order valence-electron chi connectivity index (χ3n) is 3.93. The monoisotopic (exact) mass is 298 g/mol. The molecule has 0 N–H and O–H groups in total. The molecule has 0 aliphatic carbocycles. The molecular weight excluding hydrogens is 280 g/mol. The number of benzene rings is 2. The Labute approximate surface area is 129 Å². The Bertz CT molecular complexity index is 734. The number of rotatable bonds is 2. The van der Waals surface area contributed by atoms with Crippen molar-refractivity contribution in [3.63, 3.8) is 0 Å². The first kappa shape index (κ1) is 14.4. The van der Waals surface area contributed by atoms with Crippen molar-refractivity contribution in [1.29, 1.82) is 0 Å². The summed E-state index contributed by atoms with van der Waals surface area (Å²) in [7, 11) is 3.04. The summed E-state index contributed by atoms with van der Waals surface area (Å²) in [5.74, 6) is 1.05. The van der Waals surface area contributed by atoms with Crippen molar-refractivity contribution in [3.05, 3.63) is 47.0 Å². The number of hydrogen-bond donors (Lipinski definition) is 0. The topological polar surface area (TPSA) is 44.8 Å². The third-order valence-corrected chi connectivity index (χ3v) is 3.93. The van der Waals surface area contributed by atoms with Gasteiger partial charge in [0.15, 0.2) is 0 Å². The highest BCUT2D eigenvalue weighted by Crippen LogP contribution is 2.41. The Morgan fingerprint density at radius 1 is 1.23 bits per heavy atom. The summed E-state index contributed by atoms with van der Waals surface area (Å²) in [5, 5.41) is 0. The maximum absolute atomic E-state index is 12.0. The van der Waals surface area contributed by atoms with Gasteiger partial charge in [0.05, 0.1) is 20.8 Å². The van der Waals surface area contributed by atoms with Crippen molar-refractivity contribution < 1.29 is 19.0 Å². The number of ether oxygens (including phenoxy) is 3. The van der Waals surface area contributed by atoms with E-state index in [9.17, 15) is 4.79 Å². The van der Waals surface area contributed by atoms with E-state index in [4.69, 9.17) is 14.2 Å². The largest absolute Gasteiger partial charge is 0.497 e. The van der Waals surface area contributed by atoms with E-state index in [1.165, 1.54) is 7.11 Å². The Kier molecular flexibility index (Phi) is 3.75. The van der Waals surface area contributed by atoms with Crippen LogP contribution in [0, 0.1) is 6.92 Å². The summed E-state index contributed by atoms with van der Waals surface area (Å²) in [6, 6.07) is 9.59. The van der Waals surface area contributed by atoms with Gasteiger partial charge in [-0.25, -0.2) is 4.79 Å². The fourth-order valence-electron chi connectivity index (χ4n) is 2.95. The first-order valence-corrected chi connectivity index (χ1v) is 7.17. The van der Waals surface area contributed by atoms with E-state index in [2.05, 4.69) is 0 Å². The van der Waals surface area contributed by atoms with Crippen molar-refractivity contribution in [2.24, 2.45) is 0 Å². The van der Waals surface area contributed by atoms with Crippen LogP contribution in [0.3, 0.4) is 0 Å². The van der Waals surface area contributed by atoms with Crippen LogP contribution >= 0.6 is 0 Å². The maximum atomic E-state index is 12.0. The minimum absolute atomic E-state index is 0.383. The molecule has 0 aromatic heterocycles. The minimum atomic E-state index is -0.383. The second-order valence-corrected chi connectivity index (χ2v) is 5.25. The highest BCUT2D eigenvalue weighted by molar-refractivity contribution is 5.96. The second-order valence-electron chi connectivity index (χ2n) is 5.25. The zero-order chi connectivity index (χ0) is 15.7. The van der Waals surface area contributed by atoms with Crippen LogP contribution in [0.4, 0.5) is 0 Å². The number of para-hydroxylation sites is 1. The van der Waals surface area contributed by atoms with E-state index in [1.807, 2.05) is 31.2 Å². The van der Waals surface area contributed by atoms with Crippen LogP contribution < -0.4 is 9.47 Å². The molecule has 0 bridgehead atoms. The van der Waals surface area contributed by atoms with Gasteiger partial charge >= 0.3 is 5.97 Å². The van der Waals surface area contributed by atoms with Crippen molar-refractivity contribution in [2.75, 3.05) is 20.8 Å². The van der Waals surface area contributed by atoms with Crippen LogP contribution in [0.5, 0.6) is 11.5 Å². The van der Waals surface area contributed by atoms with Crippen LogP contribution in [-0.2, 0) is 11.2 Å². The number of carbonyl (C=O) groups excluding carboxylic acids is 1. The summed E-state index contributed by atoms with van der Waals surface area (Å²) < 4.78 is 16.1. The van der Waals surface area contributed by atoms with E-state index in [0.717, 1.165) is 34.4 Å². The van der Waals surface area contributed by atoms with Gasteiger partial charge in [0.2, 0.25) is 0 Å². The standard InChI is InChI=1S/C18H18O4/c1-11-9-13(20-2)10-12-7-8-22-17-14(16(11)12)5-4-6-15(17)18(19)21-3/h4-6,9-10H,7-8H2,1-3H3. The lowest BCUT2D eigenvalue weighted by molar-refractivity contribution is 0.0596. The molecule has 114 valence electrons. The molecule has 2 aromatic carbocycles. The van der Waals surface area contributed by atoms with Crippen LogP contribution in [0.1, 0.15) is 21.5 Å². The van der Waals surface area contributed by atoms with Gasteiger partial charge in [-0.2, -0.15) is 0 Å². The lowest BCUT2D eigenvalue weighted by atomic mass is 9.92. The Morgan fingerprint density at radius 3 is 2.77 bits per heavy atom. The van der Waals surface area contributed by atoms with Gasteiger partial charge in [0.1, 0.15) is 17.1 Å². The van der Waals surface area contributed by atoms with Gasteiger partial charge < -0.3 is 14.2 Å². The molecule has 1 aliphatic rings. The molecule has 0 amide bonds. The molecule has 1 aliphatic heterocycles. The fourth-order valence-corrected chi connectivity index (χ4v) is 2.95. The van der Waals surface area contributed by atoms with Crippen LogP contribution in [0.25, 0.3) is 11.1 Å². The van der Waals surface area contributed by atoms with Gasteiger partial charge in [-0.3, -0.25) is 0 Å². The van der Waals surface area contributed by atoms with E-state index in [0.29, 0.717) is 17.9 Å². The zero-order valence-corrected chi connectivity index (χ0v) is 12.9. The molecule has 0 saturated carbocycles. The molecule has 4 nitrogen and oxygen atoms in total. The fraction of sp³-hybridized carbons (Fsp3) is 0.278. The Balaban J connectivity index is 2.25. The highest BCUT2D eigenvalue weighted by atomic mass is 16.5. The smallest absolute Gasteiger partial charge is 0.341 e. The molecule has 2 aromatic rings. The van der Waals surface area contributed by atoms with Gasteiger partial charge in [-0.1, -0.05) is 12.1 Å². The number of aryl methyl sites for hydroxylation is 1. The lowest BCUT2D eigenvalue weighted by Crippen LogP contribution is -2.06. The molecule has 0 fully saturated rings.